The lowest BCUT2D eigenvalue weighted by Gasteiger charge is -2.37. The highest BCUT2D eigenvalue weighted by Crippen LogP contribution is 2.21. The number of imide groups is 2. The summed E-state index contributed by atoms with van der Waals surface area (Å²) in [6.45, 7) is 6.53. The van der Waals surface area contributed by atoms with Crippen LogP contribution in [0, 0.1) is 0 Å². The van der Waals surface area contributed by atoms with Crippen molar-refractivity contribution in [3.63, 3.8) is 0 Å². The first-order chi connectivity index (χ1) is 12.0. The summed E-state index contributed by atoms with van der Waals surface area (Å²) in [6.07, 6.45) is 1.43. The molecule has 2 aliphatic rings. The van der Waals surface area contributed by atoms with E-state index in [9.17, 15) is 14.4 Å². The number of piperazine rings is 1. The minimum absolute atomic E-state index is 0.0441. The maximum absolute atomic E-state index is 12.2. The Morgan fingerprint density at radius 3 is 2.36 bits per heavy atom. The number of nitrogens with zero attached hydrogens (tertiary/aromatic N) is 4. The molecule has 0 bridgehead atoms. The van der Waals surface area contributed by atoms with Crippen LogP contribution in [0.5, 0.6) is 0 Å². The third-order valence-electron chi connectivity index (χ3n) is 4.33. The largest absolute Gasteiger partial charge is 0.369 e. The van der Waals surface area contributed by atoms with Gasteiger partial charge >= 0.3 is 17.8 Å². The normalized spacial score (nSPS) is 19.1. The van der Waals surface area contributed by atoms with Crippen LogP contribution in [0.2, 0.25) is 5.02 Å². The fourth-order valence-electron chi connectivity index (χ4n) is 2.99. The van der Waals surface area contributed by atoms with Gasteiger partial charge < -0.3 is 4.90 Å². The SMILES string of the molecule is C=CCN1C(=O)C(=O)N(CN2CCN(c3cccc(Cl)c3)CC2)C1=O. The third-order valence-corrected chi connectivity index (χ3v) is 4.57. The van der Waals surface area contributed by atoms with Gasteiger partial charge in [0.25, 0.3) is 0 Å². The minimum atomic E-state index is -0.789. The van der Waals surface area contributed by atoms with Crippen molar-refractivity contribution < 1.29 is 14.4 Å². The Hall–Kier alpha value is -2.38. The van der Waals surface area contributed by atoms with Gasteiger partial charge in [-0.2, -0.15) is 0 Å². The highest BCUT2D eigenvalue weighted by Gasteiger charge is 2.44. The smallest absolute Gasteiger partial charge is 0.335 e. The molecule has 0 saturated carbocycles. The standard InChI is InChI=1S/C17H19ClN4O3/c1-2-6-21-15(23)16(24)22(17(21)25)12-19-7-9-20(10-8-19)14-5-3-4-13(18)11-14/h2-5,11H,1,6-10,12H2. The molecule has 2 fully saturated rings. The predicted molar refractivity (Wildman–Crippen MR) is 94.3 cm³/mol. The molecule has 0 N–H and O–H groups in total. The Morgan fingerprint density at radius 2 is 1.72 bits per heavy atom. The Morgan fingerprint density at radius 1 is 1.04 bits per heavy atom. The van der Waals surface area contributed by atoms with Crippen molar-refractivity contribution in [1.82, 2.24) is 14.7 Å². The van der Waals surface area contributed by atoms with Crippen LogP contribution in [0.25, 0.3) is 0 Å². The van der Waals surface area contributed by atoms with E-state index in [0.29, 0.717) is 18.1 Å². The van der Waals surface area contributed by atoms with Crippen molar-refractivity contribution in [1.29, 1.82) is 0 Å². The molecule has 3 rings (SSSR count). The average molecular weight is 363 g/mol. The number of benzene rings is 1. The molecular formula is C17H19ClN4O3. The van der Waals surface area contributed by atoms with Gasteiger partial charge in [-0.15, -0.1) is 6.58 Å². The monoisotopic (exact) mass is 362 g/mol. The van der Waals surface area contributed by atoms with Crippen molar-refractivity contribution in [2.24, 2.45) is 0 Å². The van der Waals surface area contributed by atoms with E-state index in [1.165, 1.54) is 6.08 Å². The van der Waals surface area contributed by atoms with Gasteiger partial charge in [0.1, 0.15) is 0 Å². The Bertz CT molecular complexity index is 716. The van der Waals surface area contributed by atoms with E-state index < -0.39 is 17.8 Å². The first-order valence-corrected chi connectivity index (χ1v) is 8.40. The molecule has 2 saturated heterocycles. The summed E-state index contributed by atoms with van der Waals surface area (Å²) in [5, 5.41) is 0.689. The lowest BCUT2D eigenvalue weighted by molar-refractivity contribution is -0.143. The molecule has 0 radical (unpaired) electrons. The highest BCUT2D eigenvalue weighted by molar-refractivity contribution is 6.44. The van der Waals surface area contributed by atoms with E-state index >= 15 is 0 Å². The molecule has 8 heteroatoms. The molecule has 4 amide bonds. The fourth-order valence-corrected chi connectivity index (χ4v) is 3.17. The zero-order chi connectivity index (χ0) is 18.0. The van der Waals surface area contributed by atoms with Crippen LogP contribution in [0.15, 0.2) is 36.9 Å². The molecule has 2 heterocycles. The second kappa shape index (κ2) is 7.25. The maximum Gasteiger partial charge on any atom is 0.335 e. The molecule has 2 aliphatic heterocycles. The molecule has 25 heavy (non-hydrogen) atoms. The molecule has 132 valence electrons. The second-order valence-corrected chi connectivity index (χ2v) is 6.38. The van der Waals surface area contributed by atoms with Gasteiger partial charge in [0.2, 0.25) is 0 Å². The van der Waals surface area contributed by atoms with E-state index in [2.05, 4.69) is 11.5 Å². The summed E-state index contributed by atoms with van der Waals surface area (Å²) < 4.78 is 0. The summed E-state index contributed by atoms with van der Waals surface area (Å²) in [5.74, 6) is -1.56. The number of carbonyl (C=O) groups excluding carboxylic acids is 3. The predicted octanol–water partition coefficient (Wildman–Crippen LogP) is 1.40. The average Bonchev–Trinajstić information content (AvgIpc) is 2.81. The van der Waals surface area contributed by atoms with Gasteiger partial charge in [0.15, 0.2) is 0 Å². The van der Waals surface area contributed by atoms with E-state index in [1.54, 1.807) is 0 Å². The molecule has 0 unspecified atom stereocenters. The van der Waals surface area contributed by atoms with Crippen molar-refractivity contribution in [3.8, 4) is 0 Å². The zero-order valence-electron chi connectivity index (χ0n) is 13.7. The van der Waals surface area contributed by atoms with Gasteiger partial charge in [0, 0.05) is 43.4 Å². The van der Waals surface area contributed by atoms with E-state index in [4.69, 9.17) is 11.6 Å². The summed E-state index contributed by atoms with van der Waals surface area (Å²) >= 11 is 6.03. The van der Waals surface area contributed by atoms with Crippen molar-refractivity contribution in [3.05, 3.63) is 41.9 Å². The molecule has 0 spiro atoms. The van der Waals surface area contributed by atoms with Crippen LogP contribution in [-0.4, -0.2) is 71.9 Å². The molecule has 0 aliphatic carbocycles. The summed E-state index contributed by atoms with van der Waals surface area (Å²) in [6, 6.07) is 7.08. The van der Waals surface area contributed by atoms with Gasteiger partial charge in [-0.1, -0.05) is 23.7 Å². The maximum atomic E-state index is 12.2. The fraction of sp³-hybridized carbons (Fsp3) is 0.353. The van der Waals surface area contributed by atoms with E-state index in [1.807, 2.05) is 29.2 Å². The Labute approximate surface area is 151 Å². The van der Waals surface area contributed by atoms with Crippen molar-refractivity contribution in [2.45, 2.75) is 0 Å². The van der Waals surface area contributed by atoms with Crippen LogP contribution in [-0.2, 0) is 9.59 Å². The lowest BCUT2D eigenvalue weighted by Crippen LogP contribution is -2.51. The number of urea groups is 1. The van der Waals surface area contributed by atoms with Crippen LogP contribution < -0.4 is 4.90 Å². The number of anilines is 1. The quantitative estimate of drug-likeness (QED) is 0.450. The Kier molecular flexibility index (Phi) is 5.06. The molecule has 1 aromatic rings. The van der Waals surface area contributed by atoms with Crippen LogP contribution in [0.1, 0.15) is 0 Å². The number of amides is 4. The minimum Gasteiger partial charge on any atom is -0.369 e. The van der Waals surface area contributed by atoms with Crippen LogP contribution in [0.3, 0.4) is 0 Å². The topological polar surface area (TPSA) is 64.2 Å². The van der Waals surface area contributed by atoms with Gasteiger partial charge in [-0.25, -0.2) is 9.69 Å². The zero-order valence-corrected chi connectivity index (χ0v) is 14.5. The van der Waals surface area contributed by atoms with Gasteiger partial charge in [0.05, 0.1) is 6.67 Å². The summed E-state index contributed by atoms with van der Waals surface area (Å²) in [7, 11) is 0. The molecule has 7 nitrogen and oxygen atoms in total. The lowest BCUT2D eigenvalue weighted by atomic mass is 10.2. The number of carbonyl (C=O) groups is 3. The molecule has 0 aromatic heterocycles. The first-order valence-electron chi connectivity index (χ1n) is 8.02. The van der Waals surface area contributed by atoms with Crippen LogP contribution >= 0.6 is 11.6 Å². The molecule has 1 aromatic carbocycles. The van der Waals surface area contributed by atoms with Gasteiger partial charge in [-0.05, 0) is 18.2 Å². The Balaban J connectivity index is 1.59. The molecular weight excluding hydrogens is 344 g/mol. The second-order valence-electron chi connectivity index (χ2n) is 5.95. The van der Waals surface area contributed by atoms with E-state index in [-0.39, 0.29) is 13.2 Å². The number of hydrogen-bond donors (Lipinski definition) is 0. The number of rotatable bonds is 5. The third kappa shape index (κ3) is 3.52. The van der Waals surface area contributed by atoms with Crippen LogP contribution in [0.4, 0.5) is 10.5 Å². The number of halogens is 1. The van der Waals surface area contributed by atoms with E-state index in [0.717, 1.165) is 28.6 Å². The number of hydrogen-bond acceptors (Lipinski definition) is 5. The first kappa shape index (κ1) is 17.4. The summed E-state index contributed by atoms with van der Waals surface area (Å²) in [4.78, 5) is 42.2. The van der Waals surface area contributed by atoms with Crippen molar-refractivity contribution >= 4 is 35.1 Å². The molecule has 0 atom stereocenters. The summed E-state index contributed by atoms with van der Waals surface area (Å²) in [5.41, 5.74) is 1.05. The van der Waals surface area contributed by atoms with Crippen molar-refractivity contribution in [2.75, 3.05) is 44.3 Å². The highest BCUT2D eigenvalue weighted by atomic mass is 35.5. The van der Waals surface area contributed by atoms with Gasteiger partial charge in [-0.3, -0.25) is 19.4 Å².